The highest BCUT2D eigenvalue weighted by molar-refractivity contribution is 5.91. The van der Waals surface area contributed by atoms with E-state index >= 15 is 0 Å². The van der Waals surface area contributed by atoms with Gasteiger partial charge in [0.15, 0.2) is 5.82 Å². The van der Waals surface area contributed by atoms with E-state index in [1.807, 2.05) is 57.2 Å². The smallest absolute Gasteiger partial charge is 0.232 e. The second-order valence-electron chi connectivity index (χ2n) is 8.80. The summed E-state index contributed by atoms with van der Waals surface area (Å²) >= 11 is 0. The molecule has 0 aliphatic rings. The summed E-state index contributed by atoms with van der Waals surface area (Å²) in [6, 6.07) is 16.1. The lowest BCUT2D eigenvalue weighted by atomic mass is 9.97. The molecule has 1 amide bonds. The zero-order valence-electron chi connectivity index (χ0n) is 18.9. The van der Waals surface area contributed by atoms with E-state index < -0.39 is 0 Å². The van der Waals surface area contributed by atoms with E-state index in [1.165, 1.54) is 0 Å². The van der Waals surface area contributed by atoms with Crippen LogP contribution in [0.4, 0.5) is 0 Å². The van der Waals surface area contributed by atoms with Crippen LogP contribution >= 0.6 is 0 Å². The van der Waals surface area contributed by atoms with Crippen LogP contribution < -0.4 is 10.1 Å². The van der Waals surface area contributed by atoms with Gasteiger partial charge in [0.1, 0.15) is 5.75 Å². The fraction of sp³-hybridized carbons (Fsp3) is 0.320. The van der Waals surface area contributed by atoms with Gasteiger partial charge in [-0.05, 0) is 47.9 Å². The molecular formula is C25H28N4O3. The van der Waals surface area contributed by atoms with Gasteiger partial charge in [0.25, 0.3) is 0 Å². The van der Waals surface area contributed by atoms with Gasteiger partial charge in [-0.15, -0.1) is 0 Å². The van der Waals surface area contributed by atoms with Crippen molar-refractivity contribution >= 4 is 16.8 Å². The molecule has 166 valence electrons. The van der Waals surface area contributed by atoms with Gasteiger partial charge in [0, 0.05) is 28.4 Å². The van der Waals surface area contributed by atoms with Gasteiger partial charge < -0.3 is 19.6 Å². The van der Waals surface area contributed by atoms with Gasteiger partial charge in [-0.3, -0.25) is 4.79 Å². The number of amides is 1. The molecule has 2 heterocycles. The highest BCUT2D eigenvalue weighted by Gasteiger charge is 2.22. The maximum absolute atomic E-state index is 12.6. The number of benzene rings is 2. The molecule has 7 heteroatoms. The zero-order chi connectivity index (χ0) is 22.7. The molecule has 0 saturated heterocycles. The van der Waals surface area contributed by atoms with E-state index in [-0.39, 0.29) is 17.9 Å². The second kappa shape index (κ2) is 8.86. The van der Waals surface area contributed by atoms with Crippen LogP contribution in [-0.4, -0.2) is 28.1 Å². The minimum absolute atomic E-state index is 0.0573. The first kappa shape index (κ1) is 21.6. The summed E-state index contributed by atoms with van der Waals surface area (Å²) in [5.74, 6) is 1.79. The van der Waals surface area contributed by atoms with Crippen molar-refractivity contribution < 1.29 is 14.1 Å². The number of para-hydroxylation sites is 1. The Morgan fingerprint density at radius 1 is 1.12 bits per heavy atom. The number of H-pyrrole nitrogens is 1. The molecule has 0 aliphatic carbocycles. The van der Waals surface area contributed by atoms with E-state index in [0.717, 1.165) is 33.5 Å². The molecule has 4 aromatic rings. The SMILES string of the molecule is COc1ccc(-c2[nH]c3ccccc3c2CCC(=O)NCc2noc(C(C)(C)C)n2)cc1. The molecule has 2 aromatic heterocycles. The molecule has 32 heavy (non-hydrogen) atoms. The first-order chi connectivity index (χ1) is 15.3. The van der Waals surface area contributed by atoms with Crippen molar-refractivity contribution in [3.63, 3.8) is 0 Å². The monoisotopic (exact) mass is 432 g/mol. The quantitative estimate of drug-likeness (QED) is 0.439. The van der Waals surface area contributed by atoms with Crippen molar-refractivity contribution in [2.45, 2.75) is 45.6 Å². The van der Waals surface area contributed by atoms with Gasteiger partial charge in [-0.1, -0.05) is 44.1 Å². The van der Waals surface area contributed by atoms with Crippen LogP contribution in [0.15, 0.2) is 53.1 Å². The Morgan fingerprint density at radius 3 is 2.56 bits per heavy atom. The average molecular weight is 433 g/mol. The minimum atomic E-state index is -0.220. The van der Waals surface area contributed by atoms with Crippen molar-refractivity contribution in [3.05, 3.63) is 65.8 Å². The molecule has 0 bridgehead atoms. The number of carbonyl (C=O) groups is 1. The van der Waals surface area contributed by atoms with Gasteiger partial charge in [-0.2, -0.15) is 4.98 Å². The Labute approximate surface area is 187 Å². The number of aromatic amines is 1. The van der Waals surface area contributed by atoms with Gasteiger partial charge in [0.05, 0.1) is 13.7 Å². The van der Waals surface area contributed by atoms with Crippen LogP contribution in [0.5, 0.6) is 5.75 Å². The Kier molecular flexibility index (Phi) is 5.99. The molecule has 0 radical (unpaired) electrons. The Balaban J connectivity index is 1.47. The third-order valence-electron chi connectivity index (χ3n) is 5.35. The number of carbonyl (C=O) groups excluding carboxylic acids is 1. The molecule has 7 nitrogen and oxygen atoms in total. The van der Waals surface area contributed by atoms with Gasteiger partial charge in [0.2, 0.25) is 11.8 Å². The van der Waals surface area contributed by atoms with Crippen LogP contribution in [0.1, 0.15) is 44.5 Å². The predicted molar refractivity (Wildman–Crippen MR) is 123 cm³/mol. The summed E-state index contributed by atoms with van der Waals surface area (Å²) in [6.45, 7) is 6.26. The summed E-state index contributed by atoms with van der Waals surface area (Å²) in [4.78, 5) is 20.4. The Bertz CT molecular complexity index is 1220. The molecule has 0 saturated carbocycles. The van der Waals surface area contributed by atoms with Gasteiger partial charge >= 0.3 is 0 Å². The van der Waals surface area contributed by atoms with Crippen LogP contribution in [0, 0.1) is 0 Å². The molecule has 0 aliphatic heterocycles. The lowest BCUT2D eigenvalue weighted by molar-refractivity contribution is -0.121. The summed E-state index contributed by atoms with van der Waals surface area (Å²) in [6.07, 6.45) is 0.964. The topological polar surface area (TPSA) is 93.0 Å². The lowest BCUT2D eigenvalue weighted by Crippen LogP contribution is -2.23. The second-order valence-corrected chi connectivity index (χ2v) is 8.80. The van der Waals surface area contributed by atoms with Crippen molar-refractivity contribution in [2.24, 2.45) is 0 Å². The van der Waals surface area contributed by atoms with Crippen molar-refractivity contribution in [2.75, 3.05) is 7.11 Å². The molecule has 0 unspecified atom stereocenters. The Hall–Kier alpha value is -3.61. The van der Waals surface area contributed by atoms with Crippen LogP contribution in [0.25, 0.3) is 22.2 Å². The number of nitrogens with zero attached hydrogens (tertiary/aromatic N) is 2. The van der Waals surface area contributed by atoms with Gasteiger partial charge in [-0.25, -0.2) is 0 Å². The largest absolute Gasteiger partial charge is 0.497 e. The van der Waals surface area contributed by atoms with Crippen molar-refractivity contribution in [3.8, 4) is 17.0 Å². The molecule has 0 fully saturated rings. The van der Waals surface area contributed by atoms with Crippen LogP contribution in [0.2, 0.25) is 0 Å². The van der Waals surface area contributed by atoms with E-state index in [1.54, 1.807) is 7.11 Å². The number of ether oxygens (including phenoxy) is 1. The third kappa shape index (κ3) is 4.66. The number of hydrogen-bond donors (Lipinski definition) is 2. The number of fused-ring (bicyclic) bond motifs is 1. The minimum Gasteiger partial charge on any atom is -0.497 e. The predicted octanol–water partition coefficient (Wildman–Crippen LogP) is 4.77. The number of methoxy groups -OCH3 is 1. The van der Waals surface area contributed by atoms with Crippen LogP contribution in [0.3, 0.4) is 0 Å². The molecule has 0 atom stereocenters. The summed E-state index contributed by atoms with van der Waals surface area (Å²) in [7, 11) is 1.65. The fourth-order valence-electron chi connectivity index (χ4n) is 3.60. The molecular weight excluding hydrogens is 404 g/mol. The van der Waals surface area contributed by atoms with E-state index in [2.05, 4.69) is 32.6 Å². The first-order valence-corrected chi connectivity index (χ1v) is 10.7. The molecule has 2 aromatic carbocycles. The Morgan fingerprint density at radius 2 is 1.88 bits per heavy atom. The van der Waals surface area contributed by atoms with Crippen LogP contribution in [-0.2, 0) is 23.2 Å². The van der Waals surface area contributed by atoms with Crippen molar-refractivity contribution in [1.82, 2.24) is 20.4 Å². The highest BCUT2D eigenvalue weighted by Crippen LogP contribution is 2.32. The third-order valence-corrected chi connectivity index (χ3v) is 5.35. The zero-order valence-corrected chi connectivity index (χ0v) is 18.9. The maximum Gasteiger partial charge on any atom is 0.232 e. The number of aryl methyl sites for hydroxylation is 1. The molecule has 2 N–H and O–H groups in total. The summed E-state index contributed by atoms with van der Waals surface area (Å²) in [5.41, 5.74) is 4.03. The number of hydrogen-bond acceptors (Lipinski definition) is 5. The van der Waals surface area contributed by atoms with Crippen molar-refractivity contribution in [1.29, 1.82) is 0 Å². The fourth-order valence-corrected chi connectivity index (χ4v) is 3.60. The number of nitrogens with one attached hydrogen (secondary N) is 2. The average Bonchev–Trinajstić information content (AvgIpc) is 3.41. The highest BCUT2D eigenvalue weighted by atomic mass is 16.5. The van der Waals surface area contributed by atoms with E-state index in [0.29, 0.717) is 24.6 Å². The lowest BCUT2D eigenvalue weighted by Gasteiger charge is -2.10. The maximum atomic E-state index is 12.6. The first-order valence-electron chi connectivity index (χ1n) is 10.7. The molecule has 4 rings (SSSR count). The van der Waals surface area contributed by atoms with E-state index in [9.17, 15) is 4.79 Å². The molecule has 0 spiro atoms. The van der Waals surface area contributed by atoms with E-state index in [4.69, 9.17) is 9.26 Å². The summed E-state index contributed by atoms with van der Waals surface area (Å²) < 4.78 is 10.6. The standard InChI is InChI=1S/C25H28N4O3/c1-25(2,3)24-28-21(29-32-24)15-26-22(30)14-13-19-18-7-5-6-8-20(18)27-23(19)16-9-11-17(31-4)12-10-16/h5-12,27H,13-15H2,1-4H3,(H,26,30). The number of rotatable bonds is 7. The summed E-state index contributed by atoms with van der Waals surface area (Å²) in [5, 5.41) is 7.98. The normalized spacial score (nSPS) is 11.6. The number of aromatic nitrogens is 3.